The summed E-state index contributed by atoms with van der Waals surface area (Å²) in [6, 6.07) is 10.8. The first-order chi connectivity index (χ1) is 18.5. The average molecular weight is 561 g/mol. The molecule has 39 heavy (non-hydrogen) atoms. The minimum Gasteiger partial charge on any atom is -0.442 e. The van der Waals surface area contributed by atoms with Gasteiger partial charge in [0.05, 0.1) is 30.7 Å². The van der Waals surface area contributed by atoms with Gasteiger partial charge in [-0.05, 0) is 42.0 Å². The number of piperazine rings is 1. The number of hydrogen-bond donors (Lipinski definition) is 1. The van der Waals surface area contributed by atoms with Crippen molar-refractivity contribution in [1.29, 1.82) is 0 Å². The van der Waals surface area contributed by atoms with E-state index in [0.717, 1.165) is 6.26 Å². The third-order valence-electron chi connectivity index (χ3n) is 6.17. The van der Waals surface area contributed by atoms with Gasteiger partial charge in [-0.25, -0.2) is 9.18 Å². The maximum atomic E-state index is 15.0. The molecule has 0 bridgehead atoms. The molecule has 208 valence electrons. The number of anilines is 2. The van der Waals surface area contributed by atoms with Crippen LogP contribution in [0, 0.1) is 5.82 Å². The number of halogens is 1. The number of nitrogens with one attached hydrogen (secondary N) is 1. The van der Waals surface area contributed by atoms with Crippen LogP contribution in [0.15, 0.2) is 48.5 Å². The zero-order valence-corrected chi connectivity index (χ0v) is 22.3. The van der Waals surface area contributed by atoms with Crippen LogP contribution in [0.1, 0.15) is 12.5 Å². The van der Waals surface area contributed by atoms with Gasteiger partial charge in [-0.3, -0.25) is 14.5 Å². The molecule has 3 amide bonds. The quantitative estimate of drug-likeness (QED) is 0.384. The Bertz CT molecular complexity index is 1370. The first kappa shape index (κ1) is 27.9. The van der Waals surface area contributed by atoms with Crippen molar-refractivity contribution in [1.82, 2.24) is 10.2 Å². The minimum absolute atomic E-state index is 0.183. The third-order valence-corrected chi connectivity index (χ3v) is 6.67. The molecule has 11 nitrogen and oxygen atoms in total. The highest BCUT2D eigenvalue weighted by atomic mass is 32.2. The van der Waals surface area contributed by atoms with Crippen LogP contribution in [0.3, 0.4) is 0 Å². The summed E-state index contributed by atoms with van der Waals surface area (Å²) in [5, 5.41) is 2.60. The second-order valence-electron chi connectivity index (χ2n) is 9.19. The molecule has 0 radical (unpaired) electrons. The molecule has 0 unspecified atom stereocenters. The van der Waals surface area contributed by atoms with Crippen LogP contribution >= 0.6 is 0 Å². The van der Waals surface area contributed by atoms with Crippen LogP contribution in [-0.2, 0) is 24.4 Å². The molecule has 2 aliphatic heterocycles. The maximum absolute atomic E-state index is 15.0. The number of benzene rings is 2. The summed E-state index contributed by atoms with van der Waals surface area (Å²) in [4.78, 5) is 40.8. The lowest BCUT2D eigenvalue weighted by Crippen LogP contribution is -2.48. The highest BCUT2D eigenvalue weighted by Crippen LogP contribution is 2.28. The molecular weight excluding hydrogens is 531 g/mol. The molecule has 2 aromatic carbocycles. The van der Waals surface area contributed by atoms with E-state index in [0.29, 0.717) is 43.1 Å². The van der Waals surface area contributed by atoms with E-state index in [9.17, 15) is 22.8 Å². The van der Waals surface area contributed by atoms with Crippen molar-refractivity contribution in [3.05, 3.63) is 59.9 Å². The van der Waals surface area contributed by atoms with E-state index in [1.54, 1.807) is 35.2 Å². The number of carbonyl (C=O) groups excluding carboxylic acids is 3. The Morgan fingerprint density at radius 2 is 1.82 bits per heavy atom. The lowest BCUT2D eigenvalue weighted by molar-refractivity contribution is -0.126. The summed E-state index contributed by atoms with van der Waals surface area (Å²) in [6.07, 6.45) is 2.91. The molecule has 2 fully saturated rings. The molecule has 2 saturated heterocycles. The topological polar surface area (TPSA) is 126 Å². The van der Waals surface area contributed by atoms with E-state index in [1.165, 1.54) is 36.1 Å². The third kappa shape index (κ3) is 7.47. The van der Waals surface area contributed by atoms with Gasteiger partial charge in [0, 0.05) is 39.2 Å². The van der Waals surface area contributed by atoms with Crippen molar-refractivity contribution < 1.29 is 36.1 Å². The van der Waals surface area contributed by atoms with E-state index in [2.05, 4.69) is 5.32 Å². The second-order valence-corrected chi connectivity index (χ2v) is 10.8. The zero-order valence-electron chi connectivity index (χ0n) is 21.5. The van der Waals surface area contributed by atoms with Crippen molar-refractivity contribution >= 4 is 45.5 Å². The SMILES string of the molecule is CC(=O)NC[C@H]1CN(c2ccc(N3CCN(C(=O)/C=C/c4ccc(OS(C)(=O)=O)cc4)CC3)c(F)c2)C(=O)O1. The van der Waals surface area contributed by atoms with Crippen LogP contribution in [0.5, 0.6) is 5.75 Å². The van der Waals surface area contributed by atoms with E-state index >= 15 is 4.39 Å². The van der Waals surface area contributed by atoms with Gasteiger partial charge < -0.3 is 24.0 Å². The smallest absolute Gasteiger partial charge is 0.414 e. The molecular formula is C26H29FN4O7S. The minimum atomic E-state index is -3.61. The molecule has 0 saturated carbocycles. The van der Waals surface area contributed by atoms with Crippen molar-refractivity contribution in [2.75, 3.05) is 55.3 Å². The molecule has 13 heteroatoms. The lowest BCUT2D eigenvalue weighted by atomic mass is 10.2. The van der Waals surface area contributed by atoms with E-state index < -0.39 is 28.1 Å². The zero-order chi connectivity index (χ0) is 28.2. The Labute approximate surface area is 225 Å². The predicted octanol–water partition coefficient (Wildman–Crippen LogP) is 1.99. The molecule has 2 aliphatic rings. The van der Waals surface area contributed by atoms with Crippen molar-refractivity contribution in [2.24, 2.45) is 0 Å². The monoisotopic (exact) mass is 560 g/mol. The van der Waals surface area contributed by atoms with E-state index in [1.807, 2.05) is 4.90 Å². The number of hydrogen-bond acceptors (Lipinski definition) is 8. The Hall–Kier alpha value is -4.13. The normalized spacial score (nSPS) is 17.9. The molecule has 0 aliphatic carbocycles. The van der Waals surface area contributed by atoms with E-state index in [4.69, 9.17) is 8.92 Å². The highest BCUT2D eigenvalue weighted by molar-refractivity contribution is 7.86. The number of amides is 3. The first-order valence-electron chi connectivity index (χ1n) is 12.2. The Morgan fingerprint density at radius 3 is 2.44 bits per heavy atom. The van der Waals surface area contributed by atoms with Crippen molar-refractivity contribution in [3.63, 3.8) is 0 Å². The van der Waals surface area contributed by atoms with Gasteiger partial charge in [-0.15, -0.1) is 0 Å². The van der Waals surface area contributed by atoms with Crippen molar-refractivity contribution in [2.45, 2.75) is 13.0 Å². The van der Waals surface area contributed by atoms with Crippen LogP contribution < -0.4 is 19.3 Å². The summed E-state index contributed by atoms with van der Waals surface area (Å²) in [6.45, 7) is 3.41. The lowest BCUT2D eigenvalue weighted by Gasteiger charge is -2.36. The van der Waals surface area contributed by atoms with Gasteiger partial charge in [0.2, 0.25) is 11.8 Å². The average Bonchev–Trinajstić information content (AvgIpc) is 3.26. The molecule has 0 spiro atoms. The Balaban J connectivity index is 1.30. The number of cyclic esters (lactones) is 1. The summed E-state index contributed by atoms with van der Waals surface area (Å²) in [5.41, 5.74) is 1.44. The molecule has 2 heterocycles. The number of ether oxygens (including phenoxy) is 1. The molecule has 2 aromatic rings. The molecule has 1 N–H and O–H groups in total. The number of rotatable bonds is 8. The fraction of sp³-hybridized carbons (Fsp3) is 0.346. The fourth-order valence-electron chi connectivity index (χ4n) is 4.27. The molecule has 4 rings (SSSR count). The Morgan fingerprint density at radius 1 is 1.13 bits per heavy atom. The fourth-order valence-corrected chi connectivity index (χ4v) is 4.73. The second kappa shape index (κ2) is 11.7. The summed E-state index contributed by atoms with van der Waals surface area (Å²) < 4.78 is 47.5. The first-order valence-corrected chi connectivity index (χ1v) is 14.0. The summed E-state index contributed by atoms with van der Waals surface area (Å²) in [7, 11) is -3.61. The van der Waals surface area contributed by atoms with Gasteiger partial charge >= 0.3 is 16.2 Å². The van der Waals surface area contributed by atoms with Gasteiger partial charge in [0.25, 0.3) is 0 Å². The van der Waals surface area contributed by atoms with Crippen molar-refractivity contribution in [3.8, 4) is 5.75 Å². The van der Waals surface area contributed by atoms with Gasteiger partial charge in [-0.2, -0.15) is 8.42 Å². The highest BCUT2D eigenvalue weighted by Gasteiger charge is 2.33. The van der Waals surface area contributed by atoms with Crippen LogP contribution in [0.25, 0.3) is 6.08 Å². The summed E-state index contributed by atoms with van der Waals surface area (Å²) in [5.74, 6) is -0.729. The van der Waals surface area contributed by atoms with Crippen LogP contribution in [-0.4, -0.2) is 82.9 Å². The van der Waals surface area contributed by atoms with Crippen LogP contribution in [0.4, 0.5) is 20.6 Å². The van der Waals surface area contributed by atoms with Gasteiger partial charge in [-0.1, -0.05) is 12.1 Å². The molecule has 1 atom stereocenters. The van der Waals surface area contributed by atoms with Gasteiger partial charge in [0.1, 0.15) is 17.7 Å². The number of carbonyl (C=O) groups is 3. The predicted molar refractivity (Wildman–Crippen MR) is 142 cm³/mol. The van der Waals surface area contributed by atoms with Gasteiger partial charge in [0.15, 0.2) is 0 Å². The Kier molecular flexibility index (Phi) is 8.38. The number of nitrogens with zero attached hydrogens (tertiary/aromatic N) is 3. The standard InChI is InChI=1S/C26H29FN4O7S/c1-18(32)28-16-22-17-31(26(34)37-22)20-6-9-24(23(27)15-20)29-11-13-30(14-12-29)25(33)10-5-19-3-7-21(8-4-19)38-39(2,35)36/h3-10,15,22H,11-14,16-17H2,1-2H3,(H,28,32)/b10-5+/t22-/m0/s1. The molecule has 0 aromatic heterocycles. The van der Waals surface area contributed by atoms with E-state index in [-0.39, 0.29) is 30.7 Å². The largest absolute Gasteiger partial charge is 0.442 e. The van der Waals surface area contributed by atoms with Crippen LogP contribution in [0.2, 0.25) is 0 Å². The summed E-state index contributed by atoms with van der Waals surface area (Å²) >= 11 is 0. The maximum Gasteiger partial charge on any atom is 0.414 e.